The van der Waals surface area contributed by atoms with Crippen molar-refractivity contribution in [3.63, 3.8) is 0 Å². The molecular weight excluding hydrogens is 244 g/mol. The summed E-state index contributed by atoms with van der Waals surface area (Å²) in [5.41, 5.74) is 3.50. The summed E-state index contributed by atoms with van der Waals surface area (Å²) in [5, 5.41) is 2.47. The van der Waals surface area contributed by atoms with Gasteiger partial charge in [-0.15, -0.1) is 0 Å². The maximum absolute atomic E-state index is 6.01. The average molecular weight is 264 g/mol. The van der Waals surface area contributed by atoms with Crippen molar-refractivity contribution in [2.45, 2.75) is 38.5 Å². The molecule has 1 heteroatoms. The van der Waals surface area contributed by atoms with E-state index in [4.69, 9.17) is 4.42 Å². The average Bonchev–Trinajstić information content (AvgIpc) is 2.85. The molecule has 4 rings (SSSR count). The second kappa shape index (κ2) is 4.66. The van der Waals surface area contributed by atoms with E-state index in [2.05, 4.69) is 43.3 Å². The molecular formula is C19H20O. The van der Waals surface area contributed by atoms with Gasteiger partial charge in [-0.25, -0.2) is 0 Å². The second-order valence-corrected chi connectivity index (χ2v) is 6.31. The molecule has 1 aliphatic rings. The van der Waals surface area contributed by atoms with Crippen LogP contribution in [0.15, 0.2) is 46.9 Å². The van der Waals surface area contributed by atoms with Crippen LogP contribution < -0.4 is 0 Å². The van der Waals surface area contributed by atoms with E-state index in [1.807, 2.05) is 6.07 Å². The smallest absolute Gasteiger partial charge is 0.135 e. The topological polar surface area (TPSA) is 13.1 Å². The molecule has 0 unspecified atom stereocenters. The van der Waals surface area contributed by atoms with Crippen molar-refractivity contribution in [3.8, 4) is 0 Å². The molecule has 0 spiro atoms. The van der Waals surface area contributed by atoms with Crippen LogP contribution in [0.1, 0.15) is 44.1 Å². The summed E-state index contributed by atoms with van der Waals surface area (Å²) in [6.45, 7) is 2.37. The largest absolute Gasteiger partial charge is 0.456 e. The minimum Gasteiger partial charge on any atom is -0.456 e. The normalized spacial score (nSPS) is 23.4. The number of hydrogen-bond donors (Lipinski definition) is 0. The highest BCUT2D eigenvalue weighted by Crippen LogP contribution is 2.38. The second-order valence-electron chi connectivity index (χ2n) is 6.31. The highest BCUT2D eigenvalue weighted by atomic mass is 16.3. The maximum atomic E-state index is 6.01. The fourth-order valence-electron chi connectivity index (χ4n) is 3.59. The predicted octanol–water partition coefficient (Wildman–Crippen LogP) is 5.88. The van der Waals surface area contributed by atoms with Crippen LogP contribution in [0.3, 0.4) is 0 Å². The standard InChI is InChI=1S/C19H20O/c1-13-6-8-14(9-7-13)15-10-11-17-16-4-2-3-5-18(16)20-19(17)12-15/h2-5,10-14H,6-9H2,1H3. The van der Waals surface area contributed by atoms with Gasteiger partial charge in [0.05, 0.1) is 0 Å². The van der Waals surface area contributed by atoms with Crippen molar-refractivity contribution >= 4 is 21.9 Å². The van der Waals surface area contributed by atoms with Gasteiger partial charge >= 0.3 is 0 Å². The van der Waals surface area contributed by atoms with E-state index in [9.17, 15) is 0 Å². The molecule has 1 aromatic heterocycles. The Morgan fingerprint density at radius 3 is 2.45 bits per heavy atom. The summed E-state index contributed by atoms with van der Waals surface area (Å²) >= 11 is 0. The quantitative estimate of drug-likeness (QED) is 0.535. The number of para-hydroxylation sites is 1. The van der Waals surface area contributed by atoms with Crippen molar-refractivity contribution in [3.05, 3.63) is 48.0 Å². The van der Waals surface area contributed by atoms with Crippen molar-refractivity contribution in [1.82, 2.24) is 0 Å². The first-order valence-electron chi connectivity index (χ1n) is 7.72. The van der Waals surface area contributed by atoms with E-state index in [-0.39, 0.29) is 0 Å². The molecule has 0 N–H and O–H groups in total. The molecule has 1 saturated carbocycles. The minimum absolute atomic E-state index is 0.726. The molecule has 0 atom stereocenters. The molecule has 102 valence electrons. The zero-order valence-electron chi connectivity index (χ0n) is 11.9. The molecule has 0 amide bonds. The van der Waals surface area contributed by atoms with Crippen LogP contribution in [-0.4, -0.2) is 0 Å². The number of benzene rings is 2. The minimum atomic E-state index is 0.726. The molecule has 1 fully saturated rings. The molecule has 1 heterocycles. The van der Waals surface area contributed by atoms with Crippen molar-refractivity contribution in [2.75, 3.05) is 0 Å². The van der Waals surface area contributed by atoms with Crippen molar-refractivity contribution < 1.29 is 4.42 Å². The summed E-state index contributed by atoms with van der Waals surface area (Å²) in [6, 6.07) is 15.1. The fourth-order valence-corrected chi connectivity index (χ4v) is 3.59. The molecule has 1 nitrogen and oxygen atoms in total. The van der Waals surface area contributed by atoms with Gasteiger partial charge in [0.15, 0.2) is 0 Å². The van der Waals surface area contributed by atoms with Crippen LogP contribution in [0.5, 0.6) is 0 Å². The van der Waals surface area contributed by atoms with Gasteiger partial charge < -0.3 is 4.42 Å². The third-order valence-electron chi connectivity index (χ3n) is 4.89. The van der Waals surface area contributed by atoms with Crippen LogP contribution in [0.2, 0.25) is 0 Å². The van der Waals surface area contributed by atoms with E-state index >= 15 is 0 Å². The van der Waals surface area contributed by atoms with E-state index in [1.54, 1.807) is 0 Å². The van der Waals surface area contributed by atoms with Crippen LogP contribution >= 0.6 is 0 Å². The lowest BCUT2D eigenvalue weighted by Crippen LogP contribution is -2.10. The van der Waals surface area contributed by atoms with Gasteiger partial charge in [-0.1, -0.05) is 50.1 Å². The van der Waals surface area contributed by atoms with Gasteiger partial charge in [0.1, 0.15) is 11.2 Å². The Kier molecular flexibility index (Phi) is 2.80. The first-order valence-corrected chi connectivity index (χ1v) is 7.72. The summed E-state index contributed by atoms with van der Waals surface area (Å²) in [4.78, 5) is 0. The Morgan fingerprint density at radius 1 is 0.850 bits per heavy atom. The first kappa shape index (κ1) is 12.0. The first-order chi connectivity index (χ1) is 9.81. The molecule has 0 aliphatic heterocycles. The lowest BCUT2D eigenvalue weighted by atomic mass is 9.79. The Bertz CT molecular complexity index is 745. The van der Waals surface area contributed by atoms with E-state index < -0.39 is 0 Å². The molecule has 0 saturated heterocycles. The Labute approximate surface area is 119 Å². The van der Waals surface area contributed by atoms with E-state index in [1.165, 1.54) is 42.0 Å². The summed E-state index contributed by atoms with van der Waals surface area (Å²) in [6.07, 6.45) is 5.38. The summed E-state index contributed by atoms with van der Waals surface area (Å²) in [7, 11) is 0. The number of hydrogen-bond acceptors (Lipinski definition) is 1. The monoisotopic (exact) mass is 264 g/mol. The van der Waals surface area contributed by atoms with E-state index in [0.717, 1.165) is 23.0 Å². The van der Waals surface area contributed by atoms with Gasteiger partial charge in [-0.3, -0.25) is 0 Å². The Hall–Kier alpha value is -1.76. The predicted molar refractivity (Wildman–Crippen MR) is 84.1 cm³/mol. The van der Waals surface area contributed by atoms with Crippen molar-refractivity contribution in [1.29, 1.82) is 0 Å². The van der Waals surface area contributed by atoms with Crippen LogP contribution in [0.4, 0.5) is 0 Å². The zero-order valence-corrected chi connectivity index (χ0v) is 11.9. The Morgan fingerprint density at radius 2 is 1.60 bits per heavy atom. The SMILES string of the molecule is CC1CCC(c2ccc3c(c2)oc2ccccc23)CC1. The lowest BCUT2D eigenvalue weighted by molar-refractivity contribution is 0.348. The molecule has 0 radical (unpaired) electrons. The number of rotatable bonds is 1. The maximum Gasteiger partial charge on any atom is 0.135 e. The van der Waals surface area contributed by atoms with Crippen LogP contribution in [0, 0.1) is 5.92 Å². The van der Waals surface area contributed by atoms with Gasteiger partial charge in [0, 0.05) is 10.8 Å². The third-order valence-corrected chi connectivity index (χ3v) is 4.89. The van der Waals surface area contributed by atoms with Crippen LogP contribution in [0.25, 0.3) is 21.9 Å². The summed E-state index contributed by atoms with van der Waals surface area (Å²) < 4.78 is 6.01. The van der Waals surface area contributed by atoms with Gasteiger partial charge in [0.25, 0.3) is 0 Å². The van der Waals surface area contributed by atoms with E-state index in [0.29, 0.717) is 0 Å². The highest BCUT2D eigenvalue weighted by molar-refractivity contribution is 6.04. The van der Waals surface area contributed by atoms with Gasteiger partial charge in [-0.2, -0.15) is 0 Å². The molecule has 3 aromatic rings. The lowest BCUT2D eigenvalue weighted by Gasteiger charge is -2.26. The molecule has 0 bridgehead atoms. The Balaban J connectivity index is 1.77. The zero-order chi connectivity index (χ0) is 13.5. The van der Waals surface area contributed by atoms with Gasteiger partial charge in [-0.05, 0) is 42.4 Å². The van der Waals surface area contributed by atoms with Crippen molar-refractivity contribution in [2.24, 2.45) is 5.92 Å². The highest BCUT2D eigenvalue weighted by Gasteiger charge is 2.20. The molecule has 1 aliphatic carbocycles. The van der Waals surface area contributed by atoms with Crippen LogP contribution in [-0.2, 0) is 0 Å². The van der Waals surface area contributed by atoms with Gasteiger partial charge in [0.2, 0.25) is 0 Å². The summed E-state index contributed by atoms with van der Waals surface area (Å²) in [5.74, 6) is 1.63. The number of furan rings is 1. The fraction of sp³-hybridized carbons (Fsp3) is 0.368. The molecule has 2 aromatic carbocycles. The number of fused-ring (bicyclic) bond motifs is 3. The third kappa shape index (κ3) is 1.93. The molecule has 20 heavy (non-hydrogen) atoms.